The average Bonchev–Trinajstić information content (AvgIpc) is 4.08. The number of halogens is 6. The minimum atomic E-state index is -4.57. The lowest BCUT2D eigenvalue weighted by atomic mass is 10.1. The van der Waals surface area contributed by atoms with Gasteiger partial charge in [0.1, 0.15) is 49.9 Å². The van der Waals surface area contributed by atoms with Crippen LogP contribution < -0.4 is 50.3 Å². The fraction of sp³-hybridized carbons (Fsp3) is 0.488. The molecule has 6 N–H and O–H groups in total. The normalized spacial score (nSPS) is 19.7. The molecule has 3 saturated heterocycles. The van der Waals surface area contributed by atoms with Gasteiger partial charge in [-0.2, -0.15) is 26.3 Å². The zero-order valence-corrected chi connectivity index (χ0v) is 38.8. The Morgan fingerprint density at radius 3 is 1.63 bits per heavy atom. The number of rotatable bonds is 13. The number of pyridine rings is 2. The average molecular weight is 1030 g/mol. The summed E-state index contributed by atoms with van der Waals surface area (Å²) in [5.74, 6) is -1.77. The van der Waals surface area contributed by atoms with Crippen molar-refractivity contribution in [3.63, 3.8) is 0 Å². The Balaban J connectivity index is 0.000000196. The molecule has 4 aromatic rings. The summed E-state index contributed by atoms with van der Waals surface area (Å²) in [5, 5.41) is 27.0. The first-order chi connectivity index (χ1) is 34.6. The lowest BCUT2D eigenvalue weighted by Gasteiger charge is -2.35. The maximum Gasteiger partial charge on any atom is 0.405 e. The number of carbonyl (C=O) groups excluding carboxylic acids is 4. The van der Waals surface area contributed by atoms with Crippen molar-refractivity contribution in [1.29, 1.82) is 0 Å². The molecule has 4 aromatic heterocycles. The van der Waals surface area contributed by atoms with Crippen LogP contribution in [-0.4, -0.2) is 172 Å². The van der Waals surface area contributed by atoms with Crippen LogP contribution in [0.5, 0.6) is 11.8 Å². The molecule has 0 radical (unpaired) electrons. The van der Waals surface area contributed by atoms with Crippen molar-refractivity contribution >= 4 is 58.5 Å². The van der Waals surface area contributed by atoms with Crippen LogP contribution >= 0.6 is 0 Å². The molecular weight excluding hydrogens is 987 g/mol. The quantitative estimate of drug-likeness (QED) is 0.105. The molecule has 4 atom stereocenters. The van der Waals surface area contributed by atoms with E-state index in [2.05, 4.69) is 40.5 Å². The molecular formula is C43H48F6N14O10. The number of ether oxygens (including phenoxy) is 4. The van der Waals surface area contributed by atoms with Crippen molar-refractivity contribution in [2.45, 2.75) is 69.1 Å². The number of aliphatic hydroxyl groups excluding tert-OH is 2. The smallest absolute Gasteiger partial charge is 0.405 e. The van der Waals surface area contributed by atoms with Gasteiger partial charge in [0.25, 0.3) is 11.8 Å². The minimum Gasteiger partial charge on any atom is -0.474 e. The lowest BCUT2D eigenvalue weighted by Crippen LogP contribution is -2.48. The fourth-order valence-electron chi connectivity index (χ4n) is 8.25. The topological polar surface area (TPSA) is 284 Å². The van der Waals surface area contributed by atoms with Crippen molar-refractivity contribution in [3.05, 3.63) is 60.4 Å². The van der Waals surface area contributed by atoms with Crippen LogP contribution in [0, 0.1) is 0 Å². The van der Waals surface area contributed by atoms with Crippen molar-refractivity contribution in [1.82, 2.24) is 40.5 Å². The van der Waals surface area contributed by atoms with Gasteiger partial charge in [-0.15, -0.1) is 0 Å². The summed E-state index contributed by atoms with van der Waals surface area (Å²) in [7, 11) is 0. The Bertz CT molecular complexity index is 2650. The molecule has 9 heterocycles. The summed E-state index contributed by atoms with van der Waals surface area (Å²) in [6.45, 7) is 3.00. The van der Waals surface area contributed by atoms with Crippen LogP contribution in [0.25, 0.3) is 0 Å². The molecule has 0 saturated carbocycles. The summed E-state index contributed by atoms with van der Waals surface area (Å²) >= 11 is 0. The van der Waals surface area contributed by atoms with Crippen LogP contribution in [0.15, 0.2) is 49.1 Å². The van der Waals surface area contributed by atoms with Gasteiger partial charge in [-0.25, -0.2) is 39.5 Å². The number of fused-ring (bicyclic) bond motifs is 8. The molecule has 6 amide bonds. The molecule has 73 heavy (non-hydrogen) atoms. The number of nitrogens with zero attached hydrogens (tertiary/aromatic N) is 10. The molecule has 392 valence electrons. The van der Waals surface area contributed by atoms with Crippen LogP contribution in [-0.2, 0) is 9.47 Å². The first kappa shape index (κ1) is 51.9. The SMILES string of the molecule is CC1(C)OC[C@H](COc2cnc(NC(=O)N3c4nc(C(=O)NCC(F)(F)F)ccc4N4CC[C@H]3C4)cn2)O1.O=C(NCC(F)(F)F)c1ccc2c(n1)N(C(=O)Nc1cnc(OC[C@H](O)CO)cn1)[C@H]1CCN2C1. The third-order valence-electron chi connectivity index (χ3n) is 11.6. The molecule has 30 heteroatoms. The van der Waals surface area contributed by atoms with E-state index in [0.717, 1.165) is 0 Å². The minimum absolute atomic E-state index is 0.0708. The van der Waals surface area contributed by atoms with E-state index in [9.17, 15) is 50.6 Å². The number of carbonyl (C=O) groups is 4. The number of hydrogen-bond acceptors (Lipinski definition) is 18. The zero-order valence-electron chi connectivity index (χ0n) is 38.8. The van der Waals surface area contributed by atoms with Gasteiger partial charge in [-0.3, -0.25) is 30.0 Å². The molecule has 24 nitrogen and oxygen atoms in total. The van der Waals surface area contributed by atoms with Crippen molar-refractivity contribution in [2.24, 2.45) is 0 Å². The number of amides is 6. The molecule has 4 bridgehead atoms. The van der Waals surface area contributed by atoms with Gasteiger partial charge < -0.3 is 49.6 Å². The van der Waals surface area contributed by atoms with E-state index in [1.165, 1.54) is 46.7 Å². The van der Waals surface area contributed by atoms with Gasteiger partial charge in [0, 0.05) is 26.2 Å². The highest BCUT2D eigenvalue weighted by Gasteiger charge is 2.43. The second kappa shape index (κ2) is 21.3. The molecule has 0 unspecified atom stereocenters. The Morgan fingerprint density at radius 2 is 1.22 bits per heavy atom. The zero-order chi connectivity index (χ0) is 52.2. The molecule has 0 aromatic carbocycles. The highest BCUT2D eigenvalue weighted by Crippen LogP contribution is 2.41. The number of hydrogen-bond donors (Lipinski definition) is 6. The summed E-state index contributed by atoms with van der Waals surface area (Å²) in [5.41, 5.74) is 0.713. The number of urea groups is 2. The number of aromatic nitrogens is 6. The molecule has 9 rings (SSSR count). The lowest BCUT2D eigenvalue weighted by molar-refractivity contribution is -0.141. The second-order valence-corrected chi connectivity index (χ2v) is 17.4. The van der Waals surface area contributed by atoms with Gasteiger partial charge in [0.05, 0.1) is 61.5 Å². The van der Waals surface area contributed by atoms with Gasteiger partial charge in [-0.1, -0.05) is 0 Å². The van der Waals surface area contributed by atoms with E-state index in [0.29, 0.717) is 57.0 Å². The molecule has 0 spiro atoms. The van der Waals surface area contributed by atoms with Crippen LogP contribution in [0.1, 0.15) is 47.7 Å². The Kier molecular flexibility index (Phi) is 15.2. The largest absolute Gasteiger partial charge is 0.474 e. The second-order valence-electron chi connectivity index (χ2n) is 17.4. The Morgan fingerprint density at radius 1 is 0.740 bits per heavy atom. The van der Waals surface area contributed by atoms with E-state index in [-0.39, 0.29) is 77.8 Å². The first-order valence-corrected chi connectivity index (χ1v) is 22.5. The van der Waals surface area contributed by atoms with Gasteiger partial charge in [-0.05, 0) is 51.0 Å². The Labute approximate surface area is 410 Å². The van der Waals surface area contributed by atoms with Crippen molar-refractivity contribution in [2.75, 3.05) is 95.9 Å². The van der Waals surface area contributed by atoms with Gasteiger partial charge in [0.15, 0.2) is 29.1 Å². The monoisotopic (exact) mass is 1030 g/mol. The fourth-order valence-corrected chi connectivity index (χ4v) is 8.25. The predicted molar refractivity (Wildman–Crippen MR) is 243 cm³/mol. The molecule has 0 aliphatic carbocycles. The number of alkyl halides is 6. The Hall–Kier alpha value is -7.44. The van der Waals surface area contributed by atoms with Gasteiger partial charge >= 0.3 is 24.4 Å². The maximum atomic E-state index is 13.3. The van der Waals surface area contributed by atoms with Gasteiger partial charge in [0.2, 0.25) is 11.8 Å². The third kappa shape index (κ3) is 13.0. The first-order valence-electron chi connectivity index (χ1n) is 22.5. The maximum absolute atomic E-state index is 13.3. The molecule has 5 aliphatic rings. The van der Waals surface area contributed by atoms with Crippen LogP contribution in [0.2, 0.25) is 0 Å². The van der Waals surface area contributed by atoms with Crippen LogP contribution in [0.3, 0.4) is 0 Å². The number of anilines is 6. The summed E-state index contributed by atoms with van der Waals surface area (Å²) in [4.78, 5) is 82.5. The molecule has 5 aliphatic heterocycles. The summed E-state index contributed by atoms with van der Waals surface area (Å²) in [6.07, 6.45) is -4.01. The molecule has 3 fully saturated rings. The van der Waals surface area contributed by atoms with E-state index < -0.39 is 67.8 Å². The highest BCUT2D eigenvalue weighted by atomic mass is 19.4. The highest BCUT2D eigenvalue weighted by molar-refractivity contribution is 6.06. The van der Waals surface area contributed by atoms with Crippen molar-refractivity contribution in [3.8, 4) is 11.8 Å². The standard InChI is InChI=1S/C23H26F3N7O5.C20H22F3N7O5/c1-22(2)37-11-14(38-22)10-36-18-8-27-17(7-28-18)31-21(35)33-13-5-6-32(9-13)16-4-3-15(30-19(16)33)20(34)29-12-23(24,25)26;21-20(22,23)10-26-18(33)13-1-2-14-17(27-13)30(11-3-4-29(14)7-11)19(34)28-15-5-25-16(6-24-15)35-9-12(32)8-31/h3-4,7-8,13-14H,5-6,9-12H2,1-2H3,(H,29,34)(H,27,31,35);1-2,5-6,11-12,31-32H,3-4,7-10H2,(H,26,33)(H,24,28,34)/t13-,14-;11-,12+/m00/s1. The number of nitrogens with one attached hydrogen (secondary N) is 4. The summed E-state index contributed by atoms with van der Waals surface area (Å²) < 4.78 is 96.9. The van der Waals surface area contributed by atoms with Crippen molar-refractivity contribution < 1.29 is 74.7 Å². The third-order valence-corrected chi connectivity index (χ3v) is 11.6. The van der Waals surface area contributed by atoms with E-state index in [4.69, 9.17) is 24.1 Å². The predicted octanol–water partition coefficient (Wildman–Crippen LogP) is 2.85. The van der Waals surface area contributed by atoms with E-state index in [1.54, 1.807) is 22.8 Å². The van der Waals surface area contributed by atoms with E-state index in [1.807, 2.05) is 23.6 Å². The summed E-state index contributed by atoms with van der Waals surface area (Å²) in [6, 6.07) is 4.13. The van der Waals surface area contributed by atoms with E-state index >= 15 is 0 Å². The number of aliphatic hydroxyl groups is 2. The van der Waals surface area contributed by atoms with Crippen LogP contribution in [0.4, 0.5) is 70.6 Å².